The topological polar surface area (TPSA) is 40.6 Å². The van der Waals surface area contributed by atoms with Crippen molar-refractivity contribution < 1.29 is 4.74 Å². The molecule has 2 aliphatic heterocycles. The molecule has 0 aromatic carbocycles. The predicted molar refractivity (Wildman–Crippen MR) is 97.3 cm³/mol. The number of hydrogen-bond acceptors (Lipinski definition) is 6. The SMILES string of the molecule is CN(C)c1ccncc1CNC[C@]1(N2CCOCC2)CCSC1. The third-order valence-corrected chi connectivity index (χ3v) is 6.13. The number of thioether (sulfide) groups is 1. The van der Waals surface area contributed by atoms with Crippen molar-refractivity contribution in [1.29, 1.82) is 0 Å². The van der Waals surface area contributed by atoms with Crippen molar-refractivity contribution in [3.8, 4) is 0 Å². The molecule has 0 aliphatic carbocycles. The lowest BCUT2D eigenvalue weighted by Crippen LogP contribution is -2.58. The second-order valence-corrected chi connectivity index (χ2v) is 7.73. The summed E-state index contributed by atoms with van der Waals surface area (Å²) in [6, 6.07) is 2.08. The van der Waals surface area contributed by atoms with Crippen molar-refractivity contribution in [2.45, 2.75) is 18.5 Å². The average molecular weight is 337 g/mol. The first kappa shape index (κ1) is 17.0. The Morgan fingerprint density at radius 3 is 2.91 bits per heavy atom. The van der Waals surface area contributed by atoms with Gasteiger partial charge in [-0.15, -0.1) is 0 Å². The number of anilines is 1. The van der Waals surface area contributed by atoms with E-state index in [0.717, 1.165) is 39.4 Å². The van der Waals surface area contributed by atoms with E-state index in [9.17, 15) is 0 Å². The highest BCUT2D eigenvalue weighted by molar-refractivity contribution is 7.99. The summed E-state index contributed by atoms with van der Waals surface area (Å²) in [6.07, 6.45) is 5.12. The smallest absolute Gasteiger partial charge is 0.0594 e. The normalized spacial score (nSPS) is 25.7. The van der Waals surface area contributed by atoms with Crippen LogP contribution < -0.4 is 10.2 Å². The van der Waals surface area contributed by atoms with Gasteiger partial charge in [0.05, 0.1) is 13.2 Å². The molecule has 0 spiro atoms. The number of pyridine rings is 1. The van der Waals surface area contributed by atoms with Gasteiger partial charge in [-0.2, -0.15) is 11.8 Å². The summed E-state index contributed by atoms with van der Waals surface area (Å²) in [5.74, 6) is 2.50. The van der Waals surface area contributed by atoms with Crippen LogP contribution in [0.1, 0.15) is 12.0 Å². The summed E-state index contributed by atoms with van der Waals surface area (Å²) in [4.78, 5) is 9.09. The Labute approximate surface area is 143 Å². The lowest BCUT2D eigenvalue weighted by molar-refractivity contribution is -0.0134. The van der Waals surface area contributed by atoms with Crippen molar-refractivity contribution >= 4 is 17.4 Å². The zero-order valence-corrected chi connectivity index (χ0v) is 15.1. The average Bonchev–Trinajstić information content (AvgIpc) is 3.06. The third kappa shape index (κ3) is 3.99. The molecule has 0 radical (unpaired) electrons. The van der Waals surface area contributed by atoms with Gasteiger partial charge in [0.2, 0.25) is 0 Å². The molecular formula is C17H28N4OS. The second-order valence-electron chi connectivity index (χ2n) is 6.63. The number of aromatic nitrogens is 1. The number of morpholine rings is 1. The Bertz CT molecular complexity index is 499. The number of ether oxygens (including phenoxy) is 1. The van der Waals surface area contributed by atoms with E-state index in [4.69, 9.17) is 4.74 Å². The molecule has 0 amide bonds. The van der Waals surface area contributed by atoms with Crippen LogP contribution in [0.5, 0.6) is 0 Å². The molecule has 3 heterocycles. The molecule has 6 heteroatoms. The molecule has 0 saturated carbocycles. The van der Waals surface area contributed by atoms with E-state index in [0.29, 0.717) is 5.54 Å². The highest BCUT2D eigenvalue weighted by Gasteiger charge is 2.40. The molecule has 1 aromatic rings. The van der Waals surface area contributed by atoms with E-state index in [1.807, 2.05) is 12.4 Å². The Kier molecular flexibility index (Phi) is 5.80. The van der Waals surface area contributed by atoms with Crippen LogP contribution in [0.15, 0.2) is 18.5 Å². The van der Waals surface area contributed by atoms with Gasteiger partial charge in [-0.05, 0) is 18.2 Å². The van der Waals surface area contributed by atoms with Crippen LogP contribution >= 0.6 is 11.8 Å². The van der Waals surface area contributed by atoms with Gasteiger partial charge in [0, 0.05) is 75.2 Å². The van der Waals surface area contributed by atoms with E-state index in [1.54, 1.807) is 0 Å². The molecule has 0 unspecified atom stereocenters. The Hall–Kier alpha value is -0.820. The zero-order valence-electron chi connectivity index (χ0n) is 14.3. The fraction of sp³-hybridized carbons (Fsp3) is 0.706. The summed E-state index contributed by atoms with van der Waals surface area (Å²) in [5, 5.41) is 3.71. The van der Waals surface area contributed by atoms with E-state index >= 15 is 0 Å². The van der Waals surface area contributed by atoms with Crippen molar-refractivity contribution in [1.82, 2.24) is 15.2 Å². The molecule has 23 heavy (non-hydrogen) atoms. The summed E-state index contributed by atoms with van der Waals surface area (Å²) in [5.41, 5.74) is 2.81. The molecule has 5 nitrogen and oxygen atoms in total. The minimum Gasteiger partial charge on any atom is -0.379 e. The standard InChI is InChI=1S/C17H28N4OS/c1-20(2)16-3-5-18-11-15(16)12-19-13-17(4-10-23-14-17)21-6-8-22-9-7-21/h3,5,11,19H,4,6-10,12-14H2,1-2H3/t17-/m1/s1. The van der Waals surface area contributed by atoms with Gasteiger partial charge in [-0.25, -0.2) is 0 Å². The van der Waals surface area contributed by atoms with Crippen molar-refractivity contribution in [2.24, 2.45) is 0 Å². The number of hydrogen-bond donors (Lipinski definition) is 1. The lowest BCUT2D eigenvalue weighted by Gasteiger charge is -2.43. The summed E-state index contributed by atoms with van der Waals surface area (Å²) in [7, 11) is 4.17. The van der Waals surface area contributed by atoms with Crippen LogP contribution in [-0.2, 0) is 11.3 Å². The largest absolute Gasteiger partial charge is 0.379 e. The lowest BCUT2D eigenvalue weighted by atomic mass is 9.95. The minimum atomic E-state index is 0.301. The highest BCUT2D eigenvalue weighted by Crippen LogP contribution is 2.33. The molecule has 2 saturated heterocycles. The maximum atomic E-state index is 5.54. The molecule has 1 atom stereocenters. The van der Waals surface area contributed by atoms with Crippen LogP contribution in [0.4, 0.5) is 5.69 Å². The van der Waals surface area contributed by atoms with Gasteiger partial charge in [-0.1, -0.05) is 0 Å². The first-order valence-corrected chi connectivity index (χ1v) is 9.58. The summed E-state index contributed by atoms with van der Waals surface area (Å²) >= 11 is 2.09. The molecule has 1 N–H and O–H groups in total. The van der Waals surface area contributed by atoms with Crippen molar-refractivity contribution in [2.75, 3.05) is 63.3 Å². The monoisotopic (exact) mass is 336 g/mol. The highest BCUT2D eigenvalue weighted by atomic mass is 32.2. The van der Waals surface area contributed by atoms with Gasteiger partial charge in [0.1, 0.15) is 0 Å². The van der Waals surface area contributed by atoms with E-state index in [-0.39, 0.29) is 0 Å². The van der Waals surface area contributed by atoms with Crippen LogP contribution in [0.3, 0.4) is 0 Å². The number of nitrogens with one attached hydrogen (secondary N) is 1. The Morgan fingerprint density at radius 2 is 2.22 bits per heavy atom. The summed E-state index contributed by atoms with van der Waals surface area (Å²) in [6.45, 7) is 5.80. The summed E-state index contributed by atoms with van der Waals surface area (Å²) < 4.78 is 5.54. The van der Waals surface area contributed by atoms with Gasteiger partial charge in [0.15, 0.2) is 0 Å². The van der Waals surface area contributed by atoms with Gasteiger partial charge < -0.3 is 15.0 Å². The third-order valence-electron chi connectivity index (χ3n) is 4.89. The molecule has 2 aliphatic rings. The molecular weight excluding hydrogens is 308 g/mol. The van der Waals surface area contributed by atoms with Gasteiger partial charge >= 0.3 is 0 Å². The Balaban J connectivity index is 1.62. The van der Waals surface area contributed by atoms with Crippen molar-refractivity contribution in [3.63, 3.8) is 0 Å². The molecule has 1 aromatic heterocycles. The fourth-order valence-corrected chi connectivity index (χ4v) is 5.03. The molecule has 3 rings (SSSR count). The predicted octanol–water partition coefficient (Wildman–Crippen LogP) is 1.45. The van der Waals surface area contributed by atoms with Crippen LogP contribution in [0.25, 0.3) is 0 Å². The van der Waals surface area contributed by atoms with Gasteiger partial charge in [-0.3, -0.25) is 9.88 Å². The van der Waals surface area contributed by atoms with E-state index in [1.165, 1.54) is 29.2 Å². The van der Waals surface area contributed by atoms with E-state index < -0.39 is 0 Å². The van der Waals surface area contributed by atoms with Gasteiger partial charge in [0.25, 0.3) is 0 Å². The Morgan fingerprint density at radius 1 is 1.39 bits per heavy atom. The first-order chi connectivity index (χ1) is 11.2. The fourth-order valence-electron chi connectivity index (χ4n) is 3.56. The van der Waals surface area contributed by atoms with Crippen LogP contribution in [0, 0.1) is 0 Å². The number of nitrogens with zero attached hydrogens (tertiary/aromatic N) is 3. The zero-order chi connectivity index (χ0) is 16.1. The second kappa shape index (κ2) is 7.83. The number of rotatable bonds is 6. The minimum absolute atomic E-state index is 0.301. The maximum absolute atomic E-state index is 5.54. The molecule has 128 valence electrons. The van der Waals surface area contributed by atoms with Crippen LogP contribution in [0.2, 0.25) is 0 Å². The van der Waals surface area contributed by atoms with Crippen LogP contribution in [-0.4, -0.2) is 73.9 Å². The maximum Gasteiger partial charge on any atom is 0.0594 e. The quantitative estimate of drug-likeness (QED) is 0.848. The molecule has 0 bridgehead atoms. The van der Waals surface area contributed by atoms with Crippen molar-refractivity contribution in [3.05, 3.63) is 24.0 Å². The molecule has 2 fully saturated rings. The van der Waals surface area contributed by atoms with E-state index in [2.05, 4.69) is 52.0 Å². The first-order valence-electron chi connectivity index (χ1n) is 8.43.